The summed E-state index contributed by atoms with van der Waals surface area (Å²) in [5.41, 5.74) is 6.71. The molecule has 138 valence electrons. The van der Waals surface area contributed by atoms with Gasteiger partial charge in [0.1, 0.15) is 5.75 Å². The number of aromatic hydroxyl groups is 1. The van der Waals surface area contributed by atoms with Crippen LogP contribution in [-0.4, -0.2) is 5.11 Å². The van der Waals surface area contributed by atoms with Crippen molar-refractivity contribution in [1.29, 1.82) is 0 Å². The second-order valence-corrected chi connectivity index (χ2v) is 7.83. The lowest BCUT2D eigenvalue weighted by Crippen LogP contribution is -2.10. The summed E-state index contributed by atoms with van der Waals surface area (Å²) in [7, 11) is 0. The Morgan fingerprint density at radius 2 is 1.30 bits per heavy atom. The Bertz CT molecular complexity index is 861. The van der Waals surface area contributed by atoms with Crippen LogP contribution in [0.25, 0.3) is 0 Å². The van der Waals surface area contributed by atoms with Gasteiger partial charge in [-0.2, -0.15) is 0 Å². The van der Waals surface area contributed by atoms with Gasteiger partial charge in [-0.15, -0.1) is 0 Å². The van der Waals surface area contributed by atoms with Crippen LogP contribution in [0.4, 0.5) is 0 Å². The Morgan fingerprint density at radius 1 is 0.704 bits per heavy atom. The minimum atomic E-state index is 0.415. The van der Waals surface area contributed by atoms with E-state index in [9.17, 15) is 5.11 Å². The van der Waals surface area contributed by atoms with Gasteiger partial charge in [0.25, 0.3) is 0 Å². The molecule has 1 N–H and O–H groups in total. The zero-order valence-electron chi connectivity index (χ0n) is 15.9. The minimum absolute atomic E-state index is 0.415. The van der Waals surface area contributed by atoms with Crippen molar-refractivity contribution in [3.05, 3.63) is 101 Å². The van der Waals surface area contributed by atoms with Crippen LogP contribution in [0, 0.1) is 0 Å². The van der Waals surface area contributed by atoms with Crippen LogP contribution in [0.15, 0.2) is 72.8 Å². The van der Waals surface area contributed by atoms with Gasteiger partial charge in [0, 0.05) is 0 Å². The van der Waals surface area contributed by atoms with Crippen LogP contribution >= 0.6 is 0 Å². The topological polar surface area (TPSA) is 20.2 Å². The third-order valence-electron chi connectivity index (χ3n) is 5.87. The third-order valence-corrected chi connectivity index (χ3v) is 5.87. The van der Waals surface area contributed by atoms with Crippen LogP contribution in [0.2, 0.25) is 0 Å². The van der Waals surface area contributed by atoms with Crippen LogP contribution in [0.3, 0.4) is 0 Å². The van der Waals surface area contributed by atoms with Gasteiger partial charge in [-0.1, -0.05) is 79.9 Å². The second kappa shape index (κ2) is 8.43. The normalized spacial score (nSPS) is 15.0. The van der Waals surface area contributed by atoms with Gasteiger partial charge >= 0.3 is 0 Å². The van der Waals surface area contributed by atoms with Crippen LogP contribution < -0.4 is 0 Å². The Morgan fingerprint density at radius 3 is 1.93 bits per heavy atom. The lowest BCUT2D eigenvalue weighted by molar-refractivity contribution is 0.436. The first-order valence-electron chi connectivity index (χ1n) is 10.2. The number of hydrogen-bond acceptors (Lipinski definition) is 1. The molecular formula is C26H28O. The molecule has 1 aliphatic rings. The summed E-state index contributed by atoms with van der Waals surface area (Å²) in [5.74, 6) is 0.998. The van der Waals surface area contributed by atoms with Crippen LogP contribution in [-0.2, 0) is 12.8 Å². The molecule has 0 saturated heterocycles. The van der Waals surface area contributed by atoms with Gasteiger partial charge < -0.3 is 5.11 Å². The summed E-state index contributed by atoms with van der Waals surface area (Å²) in [5, 5.41) is 10.5. The molecule has 3 aromatic rings. The standard InChI is InChI=1S/C26H28O/c27-24-18-23(16-20-10-4-1-5-11-20)25(17-21-12-6-2-7-13-21)26(19-24)22-14-8-3-9-15-22/h1-2,4-7,10-13,18-19,22,27H,3,8-9,14-17H2. The molecule has 0 spiro atoms. The fraction of sp³-hybridized carbons (Fsp3) is 0.308. The molecule has 1 saturated carbocycles. The van der Waals surface area contributed by atoms with E-state index < -0.39 is 0 Å². The molecule has 0 aromatic heterocycles. The van der Waals surface area contributed by atoms with E-state index in [-0.39, 0.29) is 0 Å². The fourth-order valence-corrected chi connectivity index (χ4v) is 4.51. The highest BCUT2D eigenvalue weighted by Gasteiger charge is 2.21. The van der Waals surface area contributed by atoms with Crippen molar-refractivity contribution in [3.8, 4) is 5.75 Å². The average Bonchev–Trinajstić information content (AvgIpc) is 2.72. The largest absolute Gasteiger partial charge is 0.508 e. The molecule has 27 heavy (non-hydrogen) atoms. The highest BCUT2D eigenvalue weighted by Crippen LogP contribution is 2.38. The van der Waals surface area contributed by atoms with E-state index in [1.807, 2.05) is 12.1 Å². The smallest absolute Gasteiger partial charge is 0.116 e. The van der Waals surface area contributed by atoms with E-state index in [4.69, 9.17) is 0 Å². The molecule has 0 radical (unpaired) electrons. The summed E-state index contributed by atoms with van der Waals surface area (Å²) in [6, 6.07) is 25.4. The lowest BCUT2D eigenvalue weighted by Gasteiger charge is -2.26. The number of hydrogen-bond donors (Lipinski definition) is 1. The number of phenolic OH excluding ortho intramolecular Hbond substituents is 1. The molecule has 1 nitrogen and oxygen atoms in total. The monoisotopic (exact) mass is 356 g/mol. The first kappa shape index (κ1) is 17.9. The summed E-state index contributed by atoms with van der Waals surface area (Å²) in [6.45, 7) is 0. The predicted molar refractivity (Wildman–Crippen MR) is 112 cm³/mol. The minimum Gasteiger partial charge on any atom is -0.508 e. The van der Waals surface area contributed by atoms with Gasteiger partial charge in [0.15, 0.2) is 0 Å². The average molecular weight is 357 g/mol. The number of benzene rings is 3. The Labute approximate surface area is 162 Å². The molecule has 1 fully saturated rings. The molecule has 3 aromatic carbocycles. The Balaban J connectivity index is 1.76. The molecular weight excluding hydrogens is 328 g/mol. The second-order valence-electron chi connectivity index (χ2n) is 7.83. The maximum absolute atomic E-state index is 10.5. The van der Waals surface area contributed by atoms with Crippen LogP contribution in [0.1, 0.15) is 65.8 Å². The van der Waals surface area contributed by atoms with Crippen molar-refractivity contribution in [2.45, 2.75) is 50.9 Å². The van der Waals surface area contributed by atoms with Crippen LogP contribution in [0.5, 0.6) is 5.75 Å². The van der Waals surface area contributed by atoms with E-state index in [0.717, 1.165) is 12.8 Å². The molecule has 0 heterocycles. The van der Waals surface area contributed by atoms with Crippen molar-refractivity contribution < 1.29 is 5.11 Å². The first-order valence-corrected chi connectivity index (χ1v) is 10.2. The maximum atomic E-state index is 10.5. The summed E-state index contributed by atoms with van der Waals surface area (Å²) < 4.78 is 0. The van der Waals surface area contributed by atoms with E-state index >= 15 is 0 Å². The Hall–Kier alpha value is -2.54. The van der Waals surface area contributed by atoms with E-state index in [0.29, 0.717) is 11.7 Å². The zero-order chi connectivity index (χ0) is 18.5. The van der Waals surface area contributed by atoms with Gasteiger partial charge in [-0.3, -0.25) is 0 Å². The summed E-state index contributed by atoms with van der Waals surface area (Å²) in [4.78, 5) is 0. The zero-order valence-corrected chi connectivity index (χ0v) is 15.9. The van der Waals surface area contributed by atoms with Crippen molar-refractivity contribution in [2.24, 2.45) is 0 Å². The highest BCUT2D eigenvalue weighted by atomic mass is 16.3. The van der Waals surface area contributed by atoms with Gasteiger partial charge in [-0.05, 0) is 71.6 Å². The molecule has 1 aliphatic carbocycles. The van der Waals surface area contributed by atoms with Crippen molar-refractivity contribution >= 4 is 0 Å². The first-order chi connectivity index (χ1) is 13.3. The van der Waals surface area contributed by atoms with Crippen molar-refractivity contribution in [3.63, 3.8) is 0 Å². The van der Waals surface area contributed by atoms with Gasteiger partial charge in [0.05, 0.1) is 0 Å². The summed E-state index contributed by atoms with van der Waals surface area (Å²) in [6.07, 6.45) is 8.26. The highest BCUT2D eigenvalue weighted by molar-refractivity contribution is 5.48. The predicted octanol–water partition coefficient (Wildman–Crippen LogP) is 6.62. The third kappa shape index (κ3) is 4.42. The Kier molecular flexibility index (Phi) is 5.58. The van der Waals surface area contributed by atoms with E-state index in [2.05, 4.69) is 60.7 Å². The summed E-state index contributed by atoms with van der Waals surface area (Å²) >= 11 is 0. The molecule has 0 unspecified atom stereocenters. The molecule has 0 amide bonds. The quantitative estimate of drug-likeness (QED) is 0.544. The number of phenols is 1. The molecule has 0 bridgehead atoms. The van der Waals surface area contributed by atoms with Crippen molar-refractivity contribution in [1.82, 2.24) is 0 Å². The van der Waals surface area contributed by atoms with Gasteiger partial charge in [-0.25, -0.2) is 0 Å². The van der Waals surface area contributed by atoms with E-state index in [1.165, 1.54) is 59.9 Å². The molecule has 0 aliphatic heterocycles. The molecule has 4 rings (SSSR count). The molecule has 0 atom stereocenters. The SMILES string of the molecule is Oc1cc(Cc2ccccc2)c(Cc2ccccc2)c(C2CCCCC2)c1. The van der Waals surface area contributed by atoms with E-state index in [1.54, 1.807) is 0 Å². The molecule has 1 heteroatoms. The number of rotatable bonds is 5. The van der Waals surface area contributed by atoms with Gasteiger partial charge in [0.2, 0.25) is 0 Å². The fourth-order valence-electron chi connectivity index (χ4n) is 4.51. The lowest BCUT2D eigenvalue weighted by atomic mass is 9.79. The maximum Gasteiger partial charge on any atom is 0.116 e. The van der Waals surface area contributed by atoms with Crippen molar-refractivity contribution in [2.75, 3.05) is 0 Å².